The molecule has 0 spiro atoms. The van der Waals surface area contributed by atoms with Crippen molar-refractivity contribution in [2.24, 2.45) is 0 Å². The molecule has 9 heteroatoms. The van der Waals surface area contributed by atoms with Crippen LogP contribution < -0.4 is 14.4 Å². The molecular weight excluding hydrogens is 526 g/mol. The molecule has 8 nitrogen and oxygen atoms in total. The Morgan fingerprint density at radius 3 is 2.12 bits per heavy atom. The summed E-state index contributed by atoms with van der Waals surface area (Å²) >= 11 is 0. The number of nitrogens with zero attached hydrogens (tertiary/aromatic N) is 2. The van der Waals surface area contributed by atoms with Crippen LogP contribution in [0.5, 0.6) is 5.75 Å². The summed E-state index contributed by atoms with van der Waals surface area (Å²) in [6, 6.07) is 19.8. The zero-order valence-electron chi connectivity index (χ0n) is 24.3. The van der Waals surface area contributed by atoms with Gasteiger partial charge in [0.05, 0.1) is 17.7 Å². The summed E-state index contributed by atoms with van der Waals surface area (Å²) in [7, 11) is -2.74. The lowest BCUT2D eigenvalue weighted by molar-refractivity contribution is -0.140. The van der Waals surface area contributed by atoms with Crippen molar-refractivity contribution < 1.29 is 22.7 Å². The van der Waals surface area contributed by atoms with E-state index < -0.39 is 34.1 Å². The molecule has 0 aliphatic rings. The maximum atomic E-state index is 14.1. The van der Waals surface area contributed by atoms with E-state index in [9.17, 15) is 18.0 Å². The van der Waals surface area contributed by atoms with Crippen molar-refractivity contribution in [3.8, 4) is 5.75 Å². The fourth-order valence-corrected chi connectivity index (χ4v) is 5.64. The summed E-state index contributed by atoms with van der Waals surface area (Å²) in [6.07, 6.45) is 0. The Hall–Kier alpha value is -3.85. The highest BCUT2D eigenvalue weighted by Crippen LogP contribution is 2.32. The van der Waals surface area contributed by atoms with Gasteiger partial charge in [0.15, 0.2) is 0 Å². The molecule has 214 valence electrons. The van der Waals surface area contributed by atoms with Gasteiger partial charge >= 0.3 is 0 Å². The van der Waals surface area contributed by atoms with Gasteiger partial charge in [-0.25, -0.2) is 8.42 Å². The third-order valence-electron chi connectivity index (χ3n) is 6.51. The average molecular weight is 566 g/mol. The van der Waals surface area contributed by atoms with E-state index in [1.54, 1.807) is 43.3 Å². The molecule has 40 heavy (non-hydrogen) atoms. The number of rotatable bonds is 10. The highest BCUT2D eigenvalue weighted by atomic mass is 32.2. The van der Waals surface area contributed by atoms with Crippen LogP contribution in [0.15, 0.2) is 77.7 Å². The monoisotopic (exact) mass is 565 g/mol. The molecule has 0 fully saturated rings. The Kier molecular flexibility index (Phi) is 9.63. The predicted molar refractivity (Wildman–Crippen MR) is 158 cm³/mol. The highest BCUT2D eigenvalue weighted by Gasteiger charge is 2.34. The molecule has 3 aromatic rings. The topological polar surface area (TPSA) is 96.0 Å². The highest BCUT2D eigenvalue weighted by molar-refractivity contribution is 7.92. The van der Waals surface area contributed by atoms with Crippen molar-refractivity contribution in [2.45, 2.75) is 64.6 Å². The van der Waals surface area contributed by atoms with E-state index in [1.807, 2.05) is 58.9 Å². The van der Waals surface area contributed by atoms with Crippen LogP contribution in [-0.2, 0) is 26.2 Å². The SMILES string of the molecule is COc1ccccc1N(CC(=O)N(Cc1ccccc1C)[C@@H](C)C(=O)NC(C)(C)C)S(=O)(=O)c1ccc(C)cc1. The average Bonchev–Trinajstić information content (AvgIpc) is 2.90. The molecule has 2 amide bonds. The predicted octanol–water partition coefficient (Wildman–Crippen LogP) is 4.84. The van der Waals surface area contributed by atoms with Crippen molar-refractivity contribution in [1.29, 1.82) is 0 Å². The summed E-state index contributed by atoms with van der Waals surface area (Å²) in [4.78, 5) is 28.8. The first-order valence-corrected chi connectivity index (χ1v) is 14.6. The van der Waals surface area contributed by atoms with Gasteiger partial charge in [0.2, 0.25) is 11.8 Å². The smallest absolute Gasteiger partial charge is 0.264 e. The first-order valence-electron chi connectivity index (χ1n) is 13.1. The van der Waals surface area contributed by atoms with Crippen molar-refractivity contribution in [2.75, 3.05) is 18.0 Å². The second kappa shape index (κ2) is 12.6. The van der Waals surface area contributed by atoms with Crippen LogP contribution in [0, 0.1) is 13.8 Å². The number of nitrogens with one attached hydrogen (secondary N) is 1. The third kappa shape index (κ3) is 7.41. The van der Waals surface area contributed by atoms with E-state index in [1.165, 1.54) is 24.1 Å². The first-order chi connectivity index (χ1) is 18.7. The van der Waals surface area contributed by atoms with Crippen molar-refractivity contribution in [3.63, 3.8) is 0 Å². The minimum atomic E-state index is -4.18. The molecule has 1 N–H and O–H groups in total. The van der Waals surface area contributed by atoms with Gasteiger partial charge in [0.1, 0.15) is 18.3 Å². The number of carbonyl (C=O) groups is 2. The van der Waals surface area contributed by atoms with Crippen LogP contribution in [0.3, 0.4) is 0 Å². The Bertz CT molecular complexity index is 1450. The maximum Gasteiger partial charge on any atom is 0.264 e. The van der Waals surface area contributed by atoms with Crippen LogP contribution >= 0.6 is 0 Å². The molecule has 0 bridgehead atoms. The van der Waals surface area contributed by atoms with Crippen molar-refractivity contribution >= 4 is 27.5 Å². The second-order valence-corrected chi connectivity index (χ2v) is 12.7. The van der Waals surface area contributed by atoms with E-state index in [2.05, 4.69) is 5.32 Å². The first kappa shape index (κ1) is 30.7. The molecule has 3 rings (SSSR count). The Labute approximate surface area is 238 Å². The number of sulfonamides is 1. The fraction of sp³-hybridized carbons (Fsp3) is 0.355. The lowest BCUT2D eigenvalue weighted by atomic mass is 10.1. The van der Waals surface area contributed by atoms with Gasteiger partial charge in [0.25, 0.3) is 10.0 Å². The zero-order valence-corrected chi connectivity index (χ0v) is 25.1. The molecule has 3 aromatic carbocycles. The number of para-hydroxylation sites is 2. The van der Waals surface area contributed by atoms with Crippen molar-refractivity contribution in [3.05, 3.63) is 89.5 Å². The number of hydrogen-bond donors (Lipinski definition) is 1. The quantitative estimate of drug-likeness (QED) is 0.380. The molecule has 1 atom stereocenters. The third-order valence-corrected chi connectivity index (χ3v) is 8.28. The van der Waals surface area contributed by atoms with Crippen LogP contribution in [-0.4, -0.2) is 50.4 Å². The van der Waals surface area contributed by atoms with Crippen LogP contribution in [0.2, 0.25) is 0 Å². The van der Waals surface area contributed by atoms with Crippen LogP contribution in [0.4, 0.5) is 5.69 Å². The lowest BCUT2D eigenvalue weighted by Gasteiger charge is -2.34. The molecule has 0 unspecified atom stereocenters. The number of benzene rings is 3. The Morgan fingerprint density at radius 2 is 1.52 bits per heavy atom. The summed E-state index contributed by atoms with van der Waals surface area (Å²) in [5.41, 5.74) is 2.43. The van der Waals surface area contributed by atoms with E-state index in [4.69, 9.17) is 4.74 Å². The molecule has 0 aliphatic heterocycles. The van der Waals surface area contributed by atoms with Gasteiger partial charge in [-0.05, 0) is 76.9 Å². The molecule has 0 aromatic heterocycles. The maximum absolute atomic E-state index is 14.1. The number of ether oxygens (including phenoxy) is 1. The molecule has 0 saturated heterocycles. The number of hydrogen-bond acceptors (Lipinski definition) is 5. The Morgan fingerprint density at radius 1 is 0.925 bits per heavy atom. The van der Waals surface area contributed by atoms with Crippen LogP contribution in [0.25, 0.3) is 0 Å². The summed E-state index contributed by atoms with van der Waals surface area (Å²) in [6.45, 7) is 10.6. The number of anilines is 1. The minimum absolute atomic E-state index is 0.0424. The normalized spacial score (nSPS) is 12.4. The van der Waals surface area contributed by atoms with E-state index in [0.29, 0.717) is 5.75 Å². The second-order valence-electron chi connectivity index (χ2n) is 10.9. The van der Waals surface area contributed by atoms with Gasteiger partial charge in [-0.1, -0.05) is 54.1 Å². The molecular formula is C31H39N3O5S. The molecule has 0 saturated carbocycles. The zero-order chi connectivity index (χ0) is 29.7. The van der Waals surface area contributed by atoms with Crippen molar-refractivity contribution in [1.82, 2.24) is 10.2 Å². The van der Waals surface area contributed by atoms with E-state index in [0.717, 1.165) is 21.0 Å². The van der Waals surface area contributed by atoms with Gasteiger partial charge in [0, 0.05) is 12.1 Å². The number of aryl methyl sites for hydroxylation is 2. The molecule has 0 aliphatic carbocycles. The Balaban J connectivity index is 2.09. The van der Waals surface area contributed by atoms with Gasteiger partial charge in [-0.3, -0.25) is 13.9 Å². The largest absolute Gasteiger partial charge is 0.495 e. The van der Waals surface area contributed by atoms with E-state index in [-0.39, 0.29) is 23.0 Å². The summed E-state index contributed by atoms with van der Waals surface area (Å²) in [5.74, 6) is -0.559. The van der Waals surface area contributed by atoms with Crippen LogP contribution in [0.1, 0.15) is 44.4 Å². The van der Waals surface area contributed by atoms with E-state index >= 15 is 0 Å². The lowest BCUT2D eigenvalue weighted by Crippen LogP contribution is -2.54. The summed E-state index contributed by atoms with van der Waals surface area (Å²) in [5, 5.41) is 2.93. The molecule has 0 radical (unpaired) electrons. The molecule has 0 heterocycles. The van der Waals surface area contributed by atoms with Gasteiger partial charge < -0.3 is 15.0 Å². The standard InChI is InChI=1S/C31H39N3O5S/c1-22-16-18-26(19-17-22)40(37,38)34(27-14-10-11-15-28(27)39-7)21-29(35)33(20-25-13-9-8-12-23(25)2)24(3)30(36)32-31(4,5)6/h8-19,24H,20-21H2,1-7H3,(H,32,36)/t24-/m0/s1. The minimum Gasteiger partial charge on any atom is -0.495 e. The number of carbonyl (C=O) groups excluding carboxylic acids is 2. The summed E-state index contributed by atoms with van der Waals surface area (Å²) < 4.78 is 34.5. The fourth-order valence-electron chi connectivity index (χ4n) is 4.21. The van der Waals surface area contributed by atoms with Gasteiger partial charge in [-0.15, -0.1) is 0 Å². The number of methoxy groups -OCH3 is 1. The van der Waals surface area contributed by atoms with Gasteiger partial charge in [-0.2, -0.15) is 0 Å². The number of amides is 2.